The third-order valence-electron chi connectivity index (χ3n) is 2.95. The van der Waals surface area contributed by atoms with Gasteiger partial charge in [0.05, 0.1) is 10.5 Å². The molecule has 1 heterocycles. The molecule has 3 amide bonds. The molecule has 1 aliphatic heterocycles. The van der Waals surface area contributed by atoms with Gasteiger partial charge >= 0.3 is 0 Å². The Hall–Kier alpha value is -2.29. The molecule has 2 N–H and O–H groups in total. The van der Waals surface area contributed by atoms with Crippen molar-refractivity contribution in [1.29, 1.82) is 0 Å². The van der Waals surface area contributed by atoms with E-state index >= 15 is 0 Å². The predicted octanol–water partition coefficient (Wildman–Crippen LogP) is 0.892. The van der Waals surface area contributed by atoms with Gasteiger partial charge in [0.1, 0.15) is 6.04 Å². The summed E-state index contributed by atoms with van der Waals surface area (Å²) in [5.41, 5.74) is -0.180. The Kier molecular flexibility index (Phi) is 4.32. The van der Waals surface area contributed by atoms with Gasteiger partial charge in [0.2, 0.25) is 11.8 Å². The van der Waals surface area contributed by atoms with E-state index < -0.39 is 22.8 Å². The van der Waals surface area contributed by atoms with Crippen LogP contribution in [0.4, 0.5) is 5.69 Å². The lowest BCUT2D eigenvalue weighted by molar-refractivity contribution is -0.384. The van der Waals surface area contributed by atoms with Crippen LogP contribution in [-0.2, 0) is 9.59 Å². The standard InChI is InChI=1S/C12H10BrN3O5/c13-8-2-1-6(16(20)21)5-7(8)11(18)14-9-3-4-10(17)15-12(9)19/h1-2,5,9H,3-4H2,(H,14,18)(H,15,17,19). The van der Waals surface area contributed by atoms with Crippen molar-refractivity contribution in [3.8, 4) is 0 Å². The van der Waals surface area contributed by atoms with Gasteiger partial charge in [-0.05, 0) is 28.4 Å². The number of nitrogens with zero attached hydrogens (tertiary/aromatic N) is 1. The molecule has 1 aromatic carbocycles. The van der Waals surface area contributed by atoms with Crippen molar-refractivity contribution in [2.75, 3.05) is 0 Å². The fourth-order valence-corrected chi connectivity index (χ4v) is 2.29. The number of amides is 3. The van der Waals surface area contributed by atoms with Crippen molar-refractivity contribution in [2.45, 2.75) is 18.9 Å². The Morgan fingerprint density at radius 3 is 2.76 bits per heavy atom. The highest BCUT2D eigenvalue weighted by atomic mass is 79.9. The zero-order valence-corrected chi connectivity index (χ0v) is 12.2. The molecule has 1 aromatic rings. The molecule has 0 spiro atoms. The molecule has 0 aromatic heterocycles. The summed E-state index contributed by atoms with van der Waals surface area (Å²) in [7, 11) is 0. The highest BCUT2D eigenvalue weighted by molar-refractivity contribution is 9.10. The van der Waals surface area contributed by atoms with Crippen molar-refractivity contribution in [3.63, 3.8) is 0 Å². The fourth-order valence-electron chi connectivity index (χ4n) is 1.87. The van der Waals surface area contributed by atoms with Gasteiger partial charge in [-0.2, -0.15) is 0 Å². The van der Waals surface area contributed by atoms with Crippen LogP contribution in [0.1, 0.15) is 23.2 Å². The number of non-ortho nitro benzene ring substituents is 1. The molecule has 1 atom stereocenters. The summed E-state index contributed by atoms with van der Waals surface area (Å²) in [5, 5.41) is 15.3. The summed E-state index contributed by atoms with van der Waals surface area (Å²) in [6.45, 7) is 0. The van der Waals surface area contributed by atoms with Gasteiger partial charge in [0.15, 0.2) is 0 Å². The minimum absolute atomic E-state index is 0.0499. The van der Waals surface area contributed by atoms with Gasteiger partial charge in [-0.25, -0.2) is 0 Å². The molecule has 8 nitrogen and oxygen atoms in total. The van der Waals surface area contributed by atoms with Gasteiger partial charge < -0.3 is 5.32 Å². The molecule has 0 aliphatic carbocycles. The van der Waals surface area contributed by atoms with Crippen LogP contribution >= 0.6 is 15.9 Å². The summed E-state index contributed by atoms with van der Waals surface area (Å²) in [6.07, 6.45) is 0.329. The zero-order valence-electron chi connectivity index (χ0n) is 10.6. The molecule has 2 rings (SSSR count). The number of hydrogen-bond acceptors (Lipinski definition) is 5. The molecule has 21 heavy (non-hydrogen) atoms. The SMILES string of the molecule is O=C1CCC(NC(=O)c2cc([N+](=O)[O-])ccc2Br)C(=O)N1. The van der Waals surface area contributed by atoms with Crippen LogP contribution in [0.25, 0.3) is 0 Å². The topological polar surface area (TPSA) is 118 Å². The quantitative estimate of drug-likeness (QED) is 0.474. The first-order valence-electron chi connectivity index (χ1n) is 5.97. The summed E-state index contributed by atoms with van der Waals surface area (Å²) in [5.74, 6) is -1.59. The molecule has 1 fully saturated rings. The van der Waals surface area contributed by atoms with Crippen LogP contribution in [0.5, 0.6) is 0 Å². The third-order valence-corrected chi connectivity index (χ3v) is 3.64. The molecule has 0 saturated carbocycles. The molecule has 1 aliphatic rings. The van der Waals surface area contributed by atoms with Gasteiger partial charge in [-0.15, -0.1) is 0 Å². The van der Waals surface area contributed by atoms with Gasteiger partial charge in [0.25, 0.3) is 11.6 Å². The second-order valence-corrected chi connectivity index (χ2v) is 5.25. The second kappa shape index (κ2) is 6.00. The lowest BCUT2D eigenvalue weighted by atomic mass is 10.1. The number of carbonyl (C=O) groups excluding carboxylic acids is 3. The highest BCUT2D eigenvalue weighted by Crippen LogP contribution is 2.22. The van der Waals surface area contributed by atoms with Crippen LogP contribution in [0.2, 0.25) is 0 Å². The lowest BCUT2D eigenvalue weighted by Crippen LogP contribution is -2.52. The first-order valence-corrected chi connectivity index (χ1v) is 6.76. The summed E-state index contributed by atoms with van der Waals surface area (Å²) < 4.78 is 0.373. The number of nitrogens with one attached hydrogen (secondary N) is 2. The average molecular weight is 356 g/mol. The number of nitro groups is 1. The molecule has 0 bridgehead atoms. The molecule has 0 radical (unpaired) electrons. The number of halogens is 1. The summed E-state index contributed by atoms with van der Waals surface area (Å²) in [6, 6.07) is 2.93. The van der Waals surface area contributed by atoms with Gasteiger partial charge in [-0.1, -0.05) is 0 Å². The van der Waals surface area contributed by atoms with E-state index in [1.807, 2.05) is 0 Å². The van der Waals surface area contributed by atoms with Crippen LogP contribution < -0.4 is 10.6 Å². The Labute approximate surface area is 127 Å². The summed E-state index contributed by atoms with van der Waals surface area (Å²) >= 11 is 3.13. The van der Waals surface area contributed by atoms with E-state index in [9.17, 15) is 24.5 Å². The number of imide groups is 1. The minimum Gasteiger partial charge on any atom is -0.340 e. The number of benzene rings is 1. The fraction of sp³-hybridized carbons (Fsp3) is 0.250. The Balaban J connectivity index is 2.17. The highest BCUT2D eigenvalue weighted by Gasteiger charge is 2.28. The number of nitro benzene ring substituents is 1. The van der Waals surface area contributed by atoms with Crippen LogP contribution in [-0.4, -0.2) is 28.7 Å². The molecule has 9 heteroatoms. The summed E-state index contributed by atoms with van der Waals surface area (Å²) in [4.78, 5) is 44.8. The Bertz CT molecular complexity index is 646. The largest absolute Gasteiger partial charge is 0.340 e. The van der Waals surface area contributed by atoms with Gasteiger partial charge in [0, 0.05) is 23.0 Å². The third kappa shape index (κ3) is 3.43. The van der Waals surface area contributed by atoms with E-state index in [2.05, 4.69) is 26.6 Å². The van der Waals surface area contributed by atoms with E-state index in [-0.39, 0.29) is 30.0 Å². The average Bonchev–Trinajstić information content (AvgIpc) is 2.42. The van der Waals surface area contributed by atoms with E-state index in [1.165, 1.54) is 12.1 Å². The van der Waals surface area contributed by atoms with Gasteiger partial charge in [-0.3, -0.25) is 29.8 Å². The maximum absolute atomic E-state index is 12.1. The van der Waals surface area contributed by atoms with Crippen molar-refractivity contribution in [2.24, 2.45) is 0 Å². The molecule has 110 valence electrons. The minimum atomic E-state index is -0.832. The molecular weight excluding hydrogens is 346 g/mol. The Morgan fingerprint density at radius 2 is 2.14 bits per heavy atom. The van der Waals surface area contributed by atoms with Crippen molar-refractivity contribution in [1.82, 2.24) is 10.6 Å². The maximum Gasteiger partial charge on any atom is 0.270 e. The van der Waals surface area contributed by atoms with E-state index in [1.54, 1.807) is 0 Å². The lowest BCUT2D eigenvalue weighted by Gasteiger charge is -2.21. The number of carbonyl (C=O) groups is 3. The maximum atomic E-state index is 12.1. The molecule has 1 unspecified atom stereocenters. The smallest absolute Gasteiger partial charge is 0.270 e. The van der Waals surface area contributed by atoms with Crippen molar-refractivity contribution < 1.29 is 19.3 Å². The zero-order chi connectivity index (χ0) is 15.6. The Morgan fingerprint density at radius 1 is 1.43 bits per heavy atom. The first kappa shape index (κ1) is 15.1. The van der Waals surface area contributed by atoms with Crippen LogP contribution in [0.3, 0.4) is 0 Å². The first-order chi connectivity index (χ1) is 9.88. The number of hydrogen-bond donors (Lipinski definition) is 2. The predicted molar refractivity (Wildman–Crippen MR) is 74.4 cm³/mol. The van der Waals surface area contributed by atoms with E-state index in [0.717, 1.165) is 6.07 Å². The normalized spacial score (nSPS) is 18.0. The monoisotopic (exact) mass is 355 g/mol. The number of rotatable bonds is 3. The van der Waals surface area contributed by atoms with Crippen molar-refractivity contribution in [3.05, 3.63) is 38.3 Å². The van der Waals surface area contributed by atoms with Crippen LogP contribution in [0, 0.1) is 10.1 Å². The molecule has 1 saturated heterocycles. The van der Waals surface area contributed by atoms with E-state index in [0.29, 0.717) is 4.47 Å². The van der Waals surface area contributed by atoms with E-state index in [4.69, 9.17) is 0 Å². The molecular formula is C12H10BrN3O5. The second-order valence-electron chi connectivity index (χ2n) is 4.40. The van der Waals surface area contributed by atoms with Crippen molar-refractivity contribution >= 4 is 39.3 Å². The van der Waals surface area contributed by atoms with Crippen LogP contribution in [0.15, 0.2) is 22.7 Å². The number of piperidine rings is 1.